The fraction of sp³-hybridized carbons (Fsp3) is 0.387. The molecule has 1 saturated heterocycles. The fourth-order valence-electron chi connectivity index (χ4n) is 4.34. The number of alkyl carbamates (subject to hydrolysis) is 1. The van der Waals surface area contributed by atoms with Crippen LogP contribution in [0.4, 0.5) is 22.4 Å². The van der Waals surface area contributed by atoms with Crippen LogP contribution >= 0.6 is 0 Å². The van der Waals surface area contributed by atoms with Gasteiger partial charge in [-0.3, -0.25) is 4.79 Å². The summed E-state index contributed by atoms with van der Waals surface area (Å²) in [7, 11) is 1.36. The number of hydrogen-bond donors (Lipinski definition) is 1. The second-order valence-electron chi connectivity index (χ2n) is 11.1. The standard InChI is InChI=1S/C31H33F4N3O6/c1-30(2,3)44-29(40)36-15-20-12-26(31(33,34)35)37-27(13-20)43-24-14-21(28(39)38-16-22(32)25(17-38)41-4)10-11-23(24)42-18-19-8-6-5-7-9-19/h5-14,22,25H,15-18H2,1-4H3,(H,36,40). The van der Waals surface area contributed by atoms with E-state index < -0.39 is 47.6 Å². The molecule has 4 rings (SSSR count). The number of hydrogen-bond acceptors (Lipinski definition) is 7. The van der Waals surface area contributed by atoms with E-state index in [4.69, 9.17) is 18.9 Å². The molecule has 0 aliphatic carbocycles. The van der Waals surface area contributed by atoms with Crippen molar-refractivity contribution < 1.29 is 46.1 Å². The number of alkyl halides is 4. The zero-order valence-electron chi connectivity index (χ0n) is 24.6. The van der Waals surface area contributed by atoms with Gasteiger partial charge in [0.05, 0.1) is 13.1 Å². The highest BCUT2D eigenvalue weighted by Crippen LogP contribution is 2.36. The molecule has 9 nitrogen and oxygen atoms in total. The average molecular weight is 620 g/mol. The number of halogens is 4. The summed E-state index contributed by atoms with van der Waals surface area (Å²) in [6.07, 6.45) is -7.79. The van der Waals surface area contributed by atoms with Crippen molar-refractivity contribution in [2.75, 3.05) is 20.2 Å². The number of rotatable bonds is 9. The van der Waals surface area contributed by atoms with Crippen molar-refractivity contribution in [1.29, 1.82) is 0 Å². The van der Waals surface area contributed by atoms with Gasteiger partial charge in [-0.05, 0) is 56.2 Å². The molecular weight excluding hydrogens is 586 g/mol. The van der Waals surface area contributed by atoms with E-state index in [2.05, 4.69) is 10.3 Å². The summed E-state index contributed by atoms with van der Waals surface area (Å²) in [4.78, 5) is 30.2. The van der Waals surface area contributed by atoms with Crippen LogP contribution in [0, 0.1) is 0 Å². The van der Waals surface area contributed by atoms with Gasteiger partial charge in [-0.1, -0.05) is 30.3 Å². The highest BCUT2D eigenvalue weighted by Gasteiger charge is 2.36. The van der Waals surface area contributed by atoms with Crippen molar-refractivity contribution in [2.45, 2.75) is 58.0 Å². The van der Waals surface area contributed by atoms with E-state index >= 15 is 0 Å². The summed E-state index contributed by atoms with van der Waals surface area (Å²) in [5, 5.41) is 2.41. The lowest BCUT2D eigenvalue weighted by molar-refractivity contribution is -0.141. The predicted octanol–water partition coefficient (Wildman–Crippen LogP) is 6.31. The molecule has 1 fully saturated rings. The largest absolute Gasteiger partial charge is 0.485 e. The average Bonchev–Trinajstić information content (AvgIpc) is 3.34. The number of likely N-dealkylation sites (tertiary alicyclic amines) is 1. The second-order valence-corrected chi connectivity index (χ2v) is 11.1. The maximum absolute atomic E-state index is 14.3. The van der Waals surface area contributed by atoms with E-state index in [1.807, 2.05) is 30.3 Å². The van der Waals surface area contributed by atoms with E-state index in [-0.39, 0.29) is 48.9 Å². The number of methoxy groups -OCH3 is 1. The van der Waals surface area contributed by atoms with Crippen molar-refractivity contribution >= 4 is 12.0 Å². The number of amides is 2. The quantitative estimate of drug-likeness (QED) is 0.281. The smallest absolute Gasteiger partial charge is 0.433 e. The minimum absolute atomic E-state index is 0.0299. The number of nitrogens with one attached hydrogen (secondary N) is 1. The normalized spacial score (nSPS) is 16.9. The van der Waals surface area contributed by atoms with Gasteiger partial charge < -0.3 is 29.2 Å². The van der Waals surface area contributed by atoms with E-state index in [1.54, 1.807) is 20.8 Å². The first-order valence-corrected chi connectivity index (χ1v) is 13.7. The van der Waals surface area contributed by atoms with E-state index in [1.165, 1.54) is 36.3 Å². The van der Waals surface area contributed by atoms with Gasteiger partial charge in [-0.2, -0.15) is 13.2 Å². The molecule has 3 aromatic rings. The lowest BCUT2D eigenvalue weighted by atomic mass is 10.1. The Kier molecular flexibility index (Phi) is 9.98. The molecule has 2 unspecified atom stereocenters. The van der Waals surface area contributed by atoms with Crippen LogP contribution in [0.15, 0.2) is 60.7 Å². The molecular formula is C31H33F4N3O6. The summed E-state index contributed by atoms with van der Waals surface area (Å²) >= 11 is 0. The number of benzene rings is 2. The van der Waals surface area contributed by atoms with Gasteiger partial charge in [0, 0.05) is 25.3 Å². The van der Waals surface area contributed by atoms with Gasteiger partial charge in [-0.25, -0.2) is 14.2 Å². The molecule has 1 aromatic heterocycles. The van der Waals surface area contributed by atoms with E-state index in [0.717, 1.165) is 11.6 Å². The third-order valence-corrected chi connectivity index (χ3v) is 6.42. The molecule has 0 spiro atoms. The molecule has 0 bridgehead atoms. The Hall–Kier alpha value is -4.39. The molecule has 2 atom stereocenters. The Balaban J connectivity index is 1.65. The van der Waals surface area contributed by atoms with Crippen molar-refractivity contribution in [3.63, 3.8) is 0 Å². The molecule has 1 aliphatic rings. The minimum atomic E-state index is -4.83. The molecule has 1 aliphatic heterocycles. The number of carbonyl (C=O) groups excluding carboxylic acids is 2. The number of ether oxygens (including phenoxy) is 4. The van der Waals surface area contributed by atoms with Crippen molar-refractivity contribution in [3.05, 3.63) is 83.0 Å². The summed E-state index contributed by atoms with van der Waals surface area (Å²) < 4.78 is 77.6. The van der Waals surface area contributed by atoms with Gasteiger partial charge in [0.1, 0.15) is 30.2 Å². The lowest BCUT2D eigenvalue weighted by Crippen LogP contribution is -2.32. The van der Waals surface area contributed by atoms with Gasteiger partial charge in [0.25, 0.3) is 5.91 Å². The Labute approximate surface area is 252 Å². The molecule has 2 heterocycles. The number of nitrogens with zero attached hydrogens (tertiary/aromatic N) is 2. The van der Waals surface area contributed by atoms with E-state index in [0.29, 0.717) is 0 Å². The Morgan fingerprint density at radius 3 is 2.34 bits per heavy atom. The zero-order valence-corrected chi connectivity index (χ0v) is 24.6. The topological polar surface area (TPSA) is 99.2 Å². The van der Waals surface area contributed by atoms with Crippen molar-refractivity contribution in [2.24, 2.45) is 0 Å². The van der Waals surface area contributed by atoms with Crippen LogP contribution < -0.4 is 14.8 Å². The zero-order chi connectivity index (χ0) is 32.1. The number of pyridine rings is 1. The van der Waals surface area contributed by atoms with Crippen molar-refractivity contribution in [1.82, 2.24) is 15.2 Å². The van der Waals surface area contributed by atoms with Crippen molar-refractivity contribution in [3.8, 4) is 17.4 Å². The maximum Gasteiger partial charge on any atom is 0.433 e. The molecule has 2 aromatic carbocycles. The van der Waals surface area contributed by atoms with Crippen LogP contribution in [0.2, 0.25) is 0 Å². The number of carbonyl (C=O) groups is 2. The second kappa shape index (κ2) is 13.5. The third-order valence-electron chi connectivity index (χ3n) is 6.42. The first kappa shape index (κ1) is 32.5. The highest BCUT2D eigenvalue weighted by molar-refractivity contribution is 5.95. The van der Waals surface area contributed by atoms with Gasteiger partial charge in [0.2, 0.25) is 5.88 Å². The van der Waals surface area contributed by atoms with Gasteiger partial charge >= 0.3 is 12.3 Å². The molecule has 236 valence electrons. The molecule has 44 heavy (non-hydrogen) atoms. The minimum Gasteiger partial charge on any atom is -0.485 e. The Morgan fingerprint density at radius 1 is 0.977 bits per heavy atom. The molecule has 0 saturated carbocycles. The highest BCUT2D eigenvalue weighted by atomic mass is 19.4. The molecule has 0 radical (unpaired) electrons. The Morgan fingerprint density at radius 2 is 1.70 bits per heavy atom. The summed E-state index contributed by atoms with van der Waals surface area (Å²) in [6, 6.07) is 15.3. The monoisotopic (exact) mass is 619 g/mol. The first-order chi connectivity index (χ1) is 20.7. The van der Waals surface area contributed by atoms with Crippen LogP contribution in [0.5, 0.6) is 17.4 Å². The summed E-state index contributed by atoms with van der Waals surface area (Å²) in [6.45, 7) is 4.59. The van der Waals surface area contributed by atoms with Gasteiger partial charge in [0.15, 0.2) is 11.5 Å². The Bertz CT molecular complexity index is 1460. The van der Waals surface area contributed by atoms with Crippen LogP contribution in [0.3, 0.4) is 0 Å². The molecule has 13 heteroatoms. The third kappa shape index (κ3) is 8.82. The SMILES string of the molecule is COC1CN(C(=O)c2ccc(OCc3ccccc3)c(Oc3cc(CNC(=O)OC(C)(C)C)cc(C(F)(F)F)n3)c2)CC1F. The molecule has 2 amide bonds. The summed E-state index contributed by atoms with van der Waals surface area (Å²) in [5.74, 6) is -0.952. The van der Waals surface area contributed by atoms with Crippen LogP contribution in [0.1, 0.15) is 48.0 Å². The lowest BCUT2D eigenvalue weighted by Gasteiger charge is -2.20. The number of aromatic nitrogens is 1. The van der Waals surface area contributed by atoms with Crippen LogP contribution in [0.25, 0.3) is 0 Å². The maximum atomic E-state index is 14.3. The van der Waals surface area contributed by atoms with Gasteiger partial charge in [-0.15, -0.1) is 0 Å². The fourth-order valence-corrected chi connectivity index (χ4v) is 4.34. The molecule has 1 N–H and O–H groups in total. The van der Waals surface area contributed by atoms with Crippen LogP contribution in [-0.4, -0.2) is 60.0 Å². The van der Waals surface area contributed by atoms with Crippen LogP contribution in [-0.2, 0) is 28.8 Å². The summed E-state index contributed by atoms with van der Waals surface area (Å²) in [5.41, 5.74) is -1.13. The first-order valence-electron chi connectivity index (χ1n) is 13.7. The predicted molar refractivity (Wildman–Crippen MR) is 151 cm³/mol. The van der Waals surface area contributed by atoms with E-state index in [9.17, 15) is 27.2 Å².